The Kier molecular flexibility index (Phi) is 6.10. The molecule has 0 aromatic heterocycles. The van der Waals surface area contributed by atoms with Crippen LogP contribution in [0.2, 0.25) is 0 Å². The largest absolute Gasteiger partial charge is 0.350 e. The van der Waals surface area contributed by atoms with E-state index in [0.29, 0.717) is 23.7 Å². The number of carbonyl (C=O) groups is 1. The highest BCUT2D eigenvalue weighted by Gasteiger charge is 2.23. The third-order valence-corrected chi connectivity index (χ3v) is 5.60. The normalized spacial score (nSPS) is 18.1. The number of halogens is 1. The van der Waals surface area contributed by atoms with Gasteiger partial charge in [-0.05, 0) is 30.2 Å². The number of rotatable bonds is 5. The fraction of sp³-hybridized carbons (Fsp3) is 0.350. The molecule has 132 valence electrons. The third-order valence-electron chi connectivity index (χ3n) is 4.51. The SMILES string of the molecule is Cc1ccc(C(=O)NC[C@H]2CSCCN2Cc2ccccc2)cc1F. The molecule has 1 atom stereocenters. The number of hydrogen-bond acceptors (Lipinski definition) is 3. The Labute approximate surface area is 152 Å². The monoisotopic (exact) mass is 358 g/mol. The van der Waals surface area contributed by atoms with E-state index in [2.05, 4.69) is 34.5 Å². The molecule has 1 aliphatic rings. The predicted molar refractivity (Wildman–Crippen MR) is 101 cm³/mol. The van der Waals surface area contributed by atoms with Gasteiger partial charge in [0.15, 0.2) is 0 Å². The Balaban J connectivity index is 1.59. The van der Waals surface area contributed by atoms with Crippen molar-refractivity contribution in [3.8, 4) is 0 Å². The molecular weight excluding hydrogens is 335 g/mol. The van der Waals surface area contributed by atoms with Gasteiger partial charge in [-0.25, -0.2) is 4.39 Å². The van der Waals surface area contributed by atoms with Gasteiger partial charge in [0.05, 0.1) is 0 Å². The van der Waals surface area contributed by atoms with Gasteiger partial charge in [0.1, 0.15) is 5.82 Å². The smallest absolute Gasteiger partial charge is 0.251 e. The number of benzene rings is 2. The van der Waals surface area contributed by atoms with Gasteiger partial charge in [0, 0.05) is 42.7 Å². The highest BCUT2D eigenvalue weighted by molar-refractivity contribution is 7.99. The Hall–Kier alpha value is -1.85. The van der Waals surface area contributed by atoms with Crippen molar-refractivity contribution in [1.29, 1.82) is 0 Å². The lowest BCUT2D eigenvalue weighted by Gasteiger charge is -2.35. The highest BCUT2D eigenvalue weighted by Crippen LogP contribution is 2.19. The molecule has 1 heterocycles. The van der Waals surface area contributed by atoms with E-state index in [1.807, 2.05) is 17.8 Å². The fourth-order valence-electron chi connectivity index (χ4n) is 2.95. The van der Waals surface area contributed by atoms with Crippen LogP contribution in [0.4, 0.5) is 4.39 Å². The minimum absolute atomic E-state index is 0.214. The van der Waals surface area contributed by atoms with Crippen LogP contribution in [0.1, 0.15) is 21.5 Å². The number of nitrogens with zero attached hydrogens (tertiary/aromatic N) is 1. The lowest BCUT2D eigenvalue weighted by molar-refractivity contribution is 0.0935. The maximum atomic E-state index is 13.6. The molecule has 0 unspecified atom stereocenters. The number of aryl methyl sites for hydroxylation is 1. The molecule has 3 rings (SSSR count). The van der Waals surface area contributed by atoms with E-state index in [4.69, 9.17) is 0 Å². The topological polar surface area (TPSA) is 32.3 Å². The summed E-state index contributed by atoms with van der Waals surface area (Å²) in [5.74, 6) is 1.55. The van der Waals surface area contributed by atoms with Crippen molar-refractivity contribution in [2.24, 2.45) is 0 Å². The molecule has 2 aromatic carbocycles. The third kappa shape index (κ3) is 4.83. The van der Waals surface area contributed by atoms with Crippen molar-refractivity contribution in [2.75, 3.05) is 24.6 Å². The van der Waals surface area contributed by atoms with Crippen LogP contribution in [-0.4, -0.2) is 41.4 Å². The second kappa shape index (κ2) is 8.50. The van der Waals surface area contributed by atoms with Crippen LogP contribution in [0.15, 0.2) is 48.5 Å². The molecule has 0 saturated carbocycles. The van der Waals surface area contributed by atoms with E-state index in [1.54, 1.807) is 19.1 Å². The van der Waals surface area contributed by atoms with Gasteiger partial charge in [0.2, 0.25) is 0 Å². The number of thioether (sulfide) groups is 1. The van der Waals surface area contributed by atoms with Gasteiger partial charge in [-0.3, -0.25) is 9.69 Å². The van der Waals surface area contributed by atoms with E-state index in [1.165, 1.54) is 11.6 Å². The van der Waals surface area contributed by atoms with Crippen molar-refractivity contribution in [3.05, 3.63) is 71.0 Å². The molecular formula is C20H23FN2OS. The van der Waals surface area contributed by atoms with Crippen LogP contribution >= 0.6 is 11.8 Å². The summed E-state index contributed by atoms with van der Waals surface area (Å²) in [6.45, 7) is 4.17. The lowest BCUT2D eigenvalue weighted by Crippen LogP contribution is -2.48. The van der Waals surface area contributed by atoms with Gasteiger partial charge in [-0.1, -0.05) is 36.4 Å². The average molecular weight is 358 g/mol. The maximum Gasteiger partial charge on any atom is 0.251 e. The zero-order valence-electron chi connectivity index (χ0n) is 14.4. The first-order valence-electron chi connectivity index (χ1n) is 8.53. The summed E-state index contributed by atoms with van der Waals surface area (Å²) in [7, 11) is 0. The minimum atomic E-state index is -0.341. The van der Waals surface area contributed by atoms with E-state index in [0.717, 1.165) is 24.6 Å². The molecule has 1 fully saturated rings. The number of hydrogen-bond donors (Lipinski definition) is 1. The molecule has 25 heavy (non-hydrogen) atoms. The van der Waals surface area contributed by atoms with Gasteiger partial charge in [-0.2, -0.15) is 11.8 Å². The summed E-state index contributed by atoms with van der Waals surface area (Å²) in [6.07, 6.45) is 0. The van der Waals surface area contributed by atoms with Crippen LogP contribution in [0.5, 0.6) is 0 Å². The Bertz CT molecular complexity index is 723. The van der Waals surface area contributed by atoms with E-state index in [-0.39, 0.29) is 11.7 Å². The van der Waals surface area contributed by atoms with E-state index < -0.39 is 0 Å². The Morgan fingerprint density at radius 2 is 2.08 bits per heavy atom. The standard InChI is InChI=1S/C20H23FN2OS/c1-15-7-8-17(11-19(15)21)20(24)22-12-18-14-25-10-9-23(18)13-16-5-3-2-4-6-16/h2-8,11,18H,9-10,12-14H2,1H3,(H,22,24)/t18-/m0/s1. The van der Waals surface area contributed by atoms with Crippen molar-refractivity contribution in [1.82, 2.24) is 10.2 Å². The van der Waals surface area contributed by atoms with Crippen molar-refractivity contribution < 1.29 is 9.18 Å². The van der Waals surface area contributed by atoms with Gasteiger partial charge in [0.25, 0.3) is 5.91 Å². The van der Waals surface area contributed by atoms with Crippen molar-refractivity contribution in [2.45, 2.75) is 19.5 Å². The second-order valence-electron chi connectivity index (χ2n) is 6.36. The number of nitrogens with one attached hydrogen (secondary N) is 1. The van der Waals surface area contributed by atoms with Crippen LogP contribution in [0.25, 0.3) is 0 Å². The molecule has 5 heteroatoms. The fourth-order valence-corrected chi connectivity index (χ4v) is 4.08. The summed E-state index contributed by atoms with van der Waals surface area (Å²) in [5, 5.41) is 2.97. The molecule has 1 aliphatic heterocycles. The number of carbonyl (C=O) groups excluding carboxylic acids is 1. The lowest BCUT2D eigenvalue weighted by atomic mass is 10.1. The molecule has 3 nitrogen and oxygen atoms in total. The van der Waals surface area contributed by atoms with Crippen LogP contribution in [0, 0.1) is 12.7 Å². The zero-order chi connectivity index (χ0) is 17.6. The molecule has 0 aliphatic carbocycles. The molecule has 1 saturated heterocycles. The quantitative estimate of drug-likeness (QED) is 0.888. The van der Waals surface area contributed by atoms with E-state index in [9.17, 15) is 9.18 Å². The van der Waals surface area contributed by atoms with Crippen LogP contribution < -0.4 is 5.32 Å². The van der Waals surface area contributed by atoms with Crippen molar-refractivity contribution >= 4 is 17.7 Å². The van der Waals surface area contributed by atoms with Crippen LogP contribution in [-0.2, 0) is 6.54 Å². The first-order valence-corrected chi connectivity index (χ1v) is 9.69. The highest BCUT2D eigenvalue weighted by atomic mass is 32.2. The summed E-state index contributed by atoms with van der Waals surface area (Å²) < 4.78 is 13.6. The van der Waals surface area contributed by atoms with Crippen molar-refractivity contribution in [3.63, 3.8) is 0 Å². The van der Waals surface area contributed by atoms with Gasteiger partial charge in [-0.15, -0.1) is 0 Å². The Morgan fingerprint density at radius 3 is 2.84 bits per heavy atom. The molecule has 1 N–H and O–H groups in total. The summed E-state index contributed by atoms with van der Waals surface area (Å²) in [5.41, 5.74) is 2.21. The molecule has 1 amide bonds. The predicted octanol–water partition coefficient (Wildman–Crippen LogP) is 3.48. The van der Waals surface area contributed by atoms with Gasteiger partial charge < -0.3 is 5.32 Å². The van der Waals surface area contributed by atoms with Gasteiger partial charge >= 0.3 is 0 Å². The molecule has 0 bridgehead atoms. The minimum Gasteiger partial charge on any atom is -0.350 e. The number of amides is 1. The first-order chi connectivity index (χ1) is 12.1. The average Bonchev–Trinajstić information content (AvgIpc) is 2.64. The summed E-state index contributed by atoms with van der Waals surface area (Å²) in [4.78, 5) is 14.7. The van der Waals surface area contributed by atoms with E-state index >= 15 is 0 Å². The molecule has 0 radical (unpaired) electrons. The second-order valence-corrected chi connectivity index (χ2v) is 7.51. The summed E-state index contributed by atoms with van der Waals surface area (Å²) in [6, 6.07) is 15.3. The van der Waals surface area contributed by atoms with Crippen LogP contribution in [0.3, 0.4) is 0 Å². The summed E-state index contributed by atoms with van der Waals surface area (Å²) >= 11 is 1.92. The first kappa shape index (κ1) is 18.0. The molecule has 0 spiro atoms. The Morgan fingerprint density at radius 1 is 1.28 bits per heavy atom. The maximum absolute atomic E-state index is 13.6. The zero-order valence-corrected chi connectivity index (χ0v) is 15.2. The molecule has 2 aromatic rings.